The summed E-state index contributed by atoms with van der Waals surface area (Å²) in [6, 6.07) is 7.37. The van der Waals surface area contributed by atoms with Crippen molar-refractivity contribution in [2.75, 3.05) is 10.7 Å². The Morgan fingerprint density at radius 2 is 2.06 bits per heavy atom. The number of aromatic nitrogens is 2. The summed E-state index contributed by atoms with van der Waals surface area (Å²) in [4.78, 5) is 8.29. The first kappa shape index (κ1) is 13.1. The van der Waals surface area contributed by atoms with Crippen LogP contribution in [0.5, 0.6) is 0 Å². The quantitative estimate of drug-likeness (QED) is 0.596. The van der Waals surface area contributed by atoms with Crippen LogP contribution < -0.4 is 16.6 Å². The first-order valence-corrected chi connectivity index (χ1v) is 6.30. The predicted octanol–water partition coefficient (Wildman–Crippen LogP) is 3.23. The highest BCUT2D eigenvalue weighted by Gasteiger charge is 2.03. The molecule has 0 radical (unpaired) electrons. The number of nitrogens with one attached hydrogen (secondary N) is 2. The number of nitrogens with zero attached hydrogens (tertiary/aromatic N) is 2. The van der Waals surface area contributed by atoms with Gasteiger partial charge in [-0.2, -0.15) is 4.98 Å². The van der Waals surface area contributed by atoms with Gasteiger partial charge in [-0.25, -0.2) is 10.8 Å². The van der Waals surface area contributed by atoms with E-state index in [2.05, 4.69) is 36.6 Å². The smallest absolute Gasteiger partial charge is 0.239 e. The van der Waals surface area contributed by atoms with E-state index in [1.165, 1.54) is 0 Å². The van der Waals surface area contributed by atoms with Crippen molar-refractivity contribution in [3.8, 4) is 0 Å². The van der Waals surface area contributed by atoms with Crippen LogP contribution in [0.15, 0.2) is 28.7 Å². The molecule has 2 rings (SSSR count). The molecular formula is C11H11BrClN5. The lowest BCUT2D eigenvalue weighted by Gasteiger charge is -2.08. The number of nitrogen functional groups attached to an aromatic ring is 1. The van der Waals surface area contributed by atoms with Gasteiger partial charge in [-0.05, 0) is 41.1 Å². The zero-order valence-electron chi connectivity index (χ0n) is 9.54. The molecule has 0 aliphatic carbocycles. The molecule has 1 aromatic heterocycles. The normalized spacial score (nSPS) is 10.2. The summed E-state index contributed by atoms with van der Waals surface area (Å²) in [6.07, 6.45) is 0. The van der Waals surface area contributed by atoms with Gasteiger partial charge in [0.05, 0.1) is 5.02 Å². The number of hydrazine groups is 1. The van der Waals surface area contributed by atoms with Gasteiger partial charge in [-0.15, -0.1) is 0 Å². The number of aryl methyl sites for hydroxylation is 1. The van der Waals surface area contributed by atoms with E-state index in [1.54, 1.807) is 6.07 Å². The molecule has 7 heteroatoms. The average molecular weight is 329 g/mol. The van der Waals surface area contributed by atoms with Gasteiger partial charge in [0.25, 0.3) is 0 Å². The number of anilines is 3. The van der Waals surface area contributed by atoms with E-state index in [9.17, 15) is 0 Å². The van der Waals surface area contributed by atoms with Gasteiger partial charge < -0.3 is 5.32 Å². The number of benzene rings is 1. The third-order valence-electron chi connectivity index (χ3n) is 2.18. The molecule has 0 spiro atoms. The highest BCUT2D eigenvalue weighted by Crippen LogP contribution is 2.27. The Labute approximate surface area is 118 Å². The zero-order valence-corrected chi connectivity index (χ0v) is 11.9. The van der Waals surface area contributed by atoms with Crippen molar-refractivity contribution < 1.29 is 0 Å². The number of hydrogen-bond acceptors (Lipinski definition) is 5. The van der Waals surface area contributed by atoms with E-state index in [1.807, 2.05) is 25.1 Å². The largest absolute Gasteiger partial charge is 0.340 e. The molecule has 1 aromatic carbocycles. The van der Waals surface area contributed by atoms with E-state index in [0.717, 1.165) is 15.9 Å². The molecule has 0 aliphatic rings. The number of nitrogens with two attached hydrogens (primary N) is 1. The minimum Gasteiger partial charge on any atom is -0.340 e. The van der Waals surface area contributed by atoms with Crippen molar-refractivity contribution >= 4 is 45.0 Å². The van der Waals surface area contributed by atoms with Gasteiger partial charge in [-0.1, -0.05) is 11.6 Å². The van der Waals surface area contributed by atoms with Crippen LogP contribution in [0.4, 0.5) is 17.5 Å². The van der Waals surface area contributed by atoms with Gasteiger partial charge in [-0.3, -0.25) is 5.43 Å². The van der Waals surface area contributed by atoms with Gasteiger partial charge in [0.1, 0.15) is 5.82 Å². The Morgan fingerprint density at radius 1 is 1.28 bits per heavy atom. The molecule has 5 nitrogen and oxygen atoms in total. The summed E-state index contributed by atoms with van der Waals surface area (Å²) >= 11 is 9.36. The van der Waals surface area contributed by atoms with E-state index >= 15 is 0 Å². The van der Waals surface area contributed by atoms with Gasteiger partial charge >= 0.3 is 0 Å². The maximum Gasteiger partial charge on any atom is 0.239 e. The lowest BCUT2D eigenvalue weighted by molar-refractivity contribution is 1.07. The minimum atomic E-state index is 0.362. The van der Waals surface area contributed by atoms with Crippen molar-refractivity contribution in [2.45, 2.75) is 6.92 Å². The molecule has 0 aliphatic heterocycles. The van der Waals surface area contributed by atoms with E-state index in [-0.39, 0.29) is 0 Å². The van der Waals surface area contributed by atoms with Gasteiger partial charge in [0.15, 0.2) is 0 Å². The summed E-state index contributed by atoms with van der Waals surface area (Å²) in [5, 5.41) is 3.76. The van der Waals surface area contributed by atoms with Crippen molar-refractivity contribution in [3.63, 3.8) is 0 Å². The van der Waals surface area contributed by atoms with Crippen molar-refractivity contribution in [1.82, 2.24) is 9.97 Å². The minimum absolute atomic E-state index is 0.362. The van der Waals surface area contributed by atoms with E-state index < -0.39 is 0 Å². The fourth-order valence-corrected chi connectivity index (χ4v) is 1.85. The molecule has 18 heavy (non-hydrogen) atoms. The second-order valence-electron chi connectivity index (χ2n) is 3.62. The number of halogens is 2. The maximum atomic E-state index is 6.02. The van der Waals surface area contributed by atoms with Crippen LogP contribution in [0.2, 0.25) is 5.02 Å². The van der Waals surface area contributed by atoms with Crippen LogP contribution in [-0.4, -0.2) is 9.97 Å². The van der Waals surface area contributed by atoms with E-state index in [0.29, 0.717) is 16.8 Å². The standard InChI is InChI=1S/C11H11BrClN5/c1-6-4-10(17-11(15-6)18-14)16-7-2-3-8(12)9(13)5-7/h2-5H,14H2,1H3,(H2,15,16,17,18). The molecule has 0 atom stereocenters. The Morgan fingerprint density at radius 3 is 2.72 bits per heavy atom. The number of hydrogen-bond donors (Lipinski definition) is 3. The molecule has 0 amide bonds. The first-order chi connectivity index (χ1) is 8.58. The van der Waals surface area contributed by atoms with Gasteiger partial charge in [0, 0.05) is 21.9 Å². The van der Waals surface area contributed by atoms with Crippen LogP contribution >= 0.6 is 27.5 Å². The second kappa shape index (κ2) is 5.51. The monoisotopic (exact) mass is 327 g/mol. The van der Waals surface area contributed by atoms with Crippen LogP contribution in [0.1, 0.15) is 5.69 Å². The first-order valence-electron chi connectivity index (χ1n) is 5.13. The summed E-state index contributed by atoms with van der Waals surface area (Å²) < 4.78 is 0.845. The topological polar surface area (TPSA) is 75.9 Å². The third kappa shape index (κ3) is 3.10. The molecule has 1 heterocycles. The van der Waals surface area contributed by atoms with Crippen molar-refractivity contribution in [2.24, 2.45) is 5.84 Å². The van der Waals surface area contributed by atoms with Crippen LogP contribution in [0.3, 0.4) is 0 Å². The summed E-state index contributed by atoms with van der Waals surface area (Å²) in [6.45, 7) is 1.86. The van der Waals surface area contributed by atoms with Crippen LogP contribution in [0, 0.1) is 6.92 Å². The van der Waals surface area contributed by atoms with Crippen molar-refractivity contribution in [3.05, 3.63) is 39.5 Å². The zero-order chi connectivity index (χ0) is 13.1. The molecule has 0 unspecified atom stereocenters. The molecule has 4 N–H and O–H groups in total. The summed E-state index contributed by atoms with van der Waals surface area (Å²) in [5.41, 5.74) is 4.06. The fourth-order valence-electron chi connectivity index (χ4n) is 1.42. The lowest BCUT2D eigenvalue weighted by Crippen LogP contribution is -2.11. The van der Waals surface area contributed by atoms with Crippen LogP contribution in [-0.2, 0) is 0 Å². The SMILES string of the molecule is Cc1cc(Nc2ccc(Br)c(Cl)c2)nc(NN)n1. The predicted molar refractivity (Wildman–Crippen MR) is 77.0 cm³/mol. The molecule has 0 saturated heterocycles. The molecule has 2 aromatic rings. The van der Waals surface area contributed by atoms with E-state index in [4.69, 9.17) is 17.4 Å². The molecule has 0 bridgehead atoms. The highest BCUT2D eigenvalue weighted by atomic mass is 79.9. The Bertz CT molecular complexity index is 575. The third-order valence-corrected chi connectivity index (χ3v) is 3.41. The molecule has 0 saturated carbocycles. The highest BCUT2D eigenvalue weighted by molar-refractivity contribution is 9.10. The summed E-state index contributed by atoms with van der Waals surface area (Å²) in [5.74, 6) is 6.30. The molecule has 0 fully saturated rings. The maximum absolute atomic E-state index is 6.02. The average Bonchev–Trinajstić information content (AvgIpc) is 2.33. The lowest BCUT2D eigenvalue weighted by atomic mass is 10.3. The molecular weight excluding hydrogens is 318 g/mol. The Kier molecular flexibility index (Phi) is 4.00. The van der Waals surface area contributed by atoms with Crippen LogP contribution in [0.25, 0.3) is 0 Å². The fraction of sp³-hybridized carbons (Fsp3) is 0.0909. The van der Waals surface area contributed by atoms with Gasteiger partial charge in [0.2, 0.25) is 5.95 Å². The molecule has 94 valence electrons. The Balaban J connectivity index is 2.27. The Hall–Kier alpha value is -1.37. The number of rotatable bonds is 3. The second-order valence-corrected chi connectivity index (χ2v) is 4.88. The van der Waals surface area contributed by atoms with Crippen molar-refractivity contribution in [1.29, 1.82) is 0 Å². The summed E-state index contributed by atoms with van der Waals surface area (Å²) in [7, 11) is 0.